The molecule has 2 rings (SSSR count). The average molecular weight is 223 g/mol. The standard InChI is InChI=1S/C11H11ClN2O/c1-6-3-4-8(12)11(7(6)2)9-5-10(13)15-14-9/h3-5H,13H2,1-2H3. The van der Waals surface area contributed by atoms with Crippen LogP contribution in [0.4, 0.5) is 5.88 Å². The van der Waals surface area contributed by atoms with E-state index in [0.717, 1.165) is 16.7 Å². The zero-order valence-electron chi connectivity index (χ0n) is 8.54. The molecule has 78 valence electrons. The summed E-state index contributed by atoms with van der Waals surface area (Å²) in [7, 11) is 0. The highest BCUT2D eigenvalue weighted by atomic mass is 35.5. The summed E-state index contributed by atoms with van der Waals surface area (Å²) < 4.78 is 4.84. The third kappa shape index (κ3) is 1.70. The van der Waals surface area contributed by atoms with E-state index in [2.05, 4.69) is 5.16 Å². The van der Waals surface area contributed by atoms with Gasteiger partial charge in [-0.25, -0.2) is 0 Å². The van der Waals surface area contributed by atoms with Crippen molar-refractivity contribution in [3.63, 3.8) is 0 Å². The Hall–Kier alpha value is -1.48. The van der Waals surface area contributed by atoms with Gasteiger partial charge in [-0.1, -0.05) is 22.8 Å². The zero-order chi connectivity index (χ0) is 11.0. The van der Waals surface area contributed by atoms with E-state index < -0.39 is 0 Å². The van der Waals surface area contributed by atoms with E-state index in [1.165, 1.54) is 0 Å². The number of benzene rings is 1. The Morgan fingerprint density at radius 3 is 2.67 bits per heavy atom. The van der Waals surface area contributed by atoms with Crippen LogP contribution in [0.15, 0.2) is 22.7 Å². The van der Waals surface area contributed by atoms with Crippen LogP contribution in [0, 0.1) is 13.8 Å². The Bertz CT molecular complexity index is 505. The van der Waals surface area contributed by atoms with E-state index >= 15 is 0 Å². The highest BCUT2D eigenvalue weighted by Gasteiger charge is 2.12. The van der Waals surface area contributed by atoms with Crippen molar-refractivity contribution in [3.8, 4) is 11.3 Å². The predicted molar refractivity (Wildman–Crippen MR) is 60.8 cm³/mol. The Balaban J connectivity index is 2.66. The molecule has 2 aromatic rings. The maximum Gasteiger partial charge on any atom is 0.222 e. The van der Waals surface area contributed by atoms with Crippen LogP contribution in [0.2, 0.25) is 5.02 Å². The molecule has 0 atom stereocenters. The molecule has 1 heterocycles. The smallest absolute Gasteiger partial charge is 0.222 e. The Labute approximate surface area is 92.8 Å². The van der Waals surface area contributed by atoms with E-state index in [0.29, 0.717) is 16.6 Å². The van der Waals surface area contributed by atoms with Gasteiger partial charge in [0.05, 0.1) is 5.02 Å². The number of hydrogen-bond acceptors (Lipinski definition) is 3. The first-order chi connectivity index (χ1) is 7.09. The van der Waals surface area contributed by atoms with E-state index in [1.54, 1.807) is 6.07 Å². The summed E-state index contributed by atoms with van der Waals surface area (Å²) in [5.41, 5.74) is 9.30. The fourth-order valence-electron chi connectivity index (χ4n) is 1.50. The van der Waals surface area contributed by atoms with E-state index in [-0.39, 0.29) is 0 Å². The normalized spacial score (nSPS) is 10.6. The number of aromatic nitrogens is 1. The maximum absolute atomic E-state index is 6.12. The number of nitrogens with zero attached hydrogens (tertiary/aromatic N) is 1. The molecule has 0 aliphatic heterocycles. The molecule has 0 spiro atoms. The molecule has 0 unspecified atom stereocenters. The van der Waals surface area contributed by atoms with Gasteiger partial charge >= 0.3 is 0 Å². The van der Waals surface area contributed by atoms with Crippen LogP contribution in [0.1, 0.15) is 11.1 Å². The van der Waals surface area contributed by atoms with Crippen molar-refractivity contribution in [3.05, 3.63) is 34.3 Å². The second-order valence-electron chi connectivity index (χ2n) is 3.48. The molecule has 1 aromatic heterocycles. The van der Waals surface area contributed by atoms with Gasteiger partial charge in [0.1, 0.15) is 5.69 Å². The van der Waals surface area contributed by atoms with Crippen LogP contribution in [-0.2, 0) is 0 Å². The van der Waals surface area contributed by atoms with E-state index in [9.17, 15) is 0 Å². The molecular weight excluding hydrogens is 212 g/mol. The lowest BCUT2D eigenvalue weighted by Crippen LogP contribution is -1.88. The second-order valence-corrected chi connectivity index (χ2v) is 3.89. The fourth-order valence-corrected chi connectivity index (χ4v) is 1.81. The number of rotatable bonds is 1. The quantitative estimate of drug-likeness (QED) is 0.806. The van der Waals surface area contributed by atoms with Crippen LogP contribution >= 0.6 is 11.6 Å². The van der Waals surface area contributed by atoms with Crippen molar-refractivity contribution in [2.24, 2.45) is 0 Å². The molecule has 15 heavy (non-hydrogen) atoms. The summed E-state index contributed by atoms with van der Waals surface area (Å²) in [5, 5.41) is 4.52. The van der Waals surface area contributed by atoms with E-state index in [1.807, 2.05) is 26.0 Å². The second kappa shape index (κ2) is 3.59. The van der Waals surface area contributed by atoms with Gasteiger partial charge in [0.25, 0.3) is 0 Å². The van der Waals surface area contributed by atoms with Gasteiger partial charge in [-0.2, -0.15) is 0 Å². The third-order valence-electron chi connectivity index (χ3n) is 2.47. The molecule has 2 N–H and O–H groups in total. The van der Waals surface area contributed by atoms with Gasteiger partial charge in [-0.05, 0) is 31.0 Å². The monoisotopic (exact) mass is 222 g/mol. The van der Waals surface area contributed by atoms with Crippen LogP contribution in [0.3, 0.4) is 0 Å². The number of hydrogen-bond donors (Lipinski definition) is 1. The van der Waals surface area contributed by atoms with Gasteiger partial charge in [0, 0.05) is 11.6 Å². The minimum absolute atomic E-state index is 0.293. The number of nitrogens with two attached hydrogens (primary N) is 1. The number of anilines is 1. The first kappa shape index (κ1) is 10.1. The summed E-state index contributed by atoms with van der Waals surface area (Å²) in [6.45, 7) is 4.03. The summed E-state index contributed by atoms with van der Waals surface area (Å²) >= 11 is 6.12. The lowest BCUT2D eigenvalue weighted by molar-refractivity contribution is 0.439. The van der Waals surface area contributed by atoms with Crippen LogP contribution in [-0.4, -0.2) is 5.16 Å². The third-order valence-corrected chi connectivity index (χ3v) is 2.78. The molecule has 0 saturated heterocycles. The summed E-state index contributed by atoms with van der Waals surface area (Å²) in [6.07, 6.45) is 0. The lowest BCUT2D eigenvalue weighted by atomic mass is 10.0. The molecule has 0 aliphatic rings. The van der Waals surface area contributed by atoms with E-state index in [4.69, 9.17) is 21.9 Å². The van der Waals surface area contributed by atoms with Gasteiger partial charge in [0.15, 0.2) is 0 Å². The molecule has 0 bridgehead atoms. The van der Waals surface area contributed by atoms with Crippen LogP contribution in [0.25, 0.3) is 11.3 Å². The first-order valence-corrected chi connectivity index (χ1v) is 4.95. The lowest BCUT2D eigenvalue weighted by Gasteiger charge is -2.07. The van der Waals surface area contributed by atoms with Gasteiger partial charge < -0.3 is 10.3 Å². The number of nitrogen functional groups attached to an aromatic ring is 1. The van der Waals surface area contributed by atoms with Crippen molar-refractivity contribution in [2.75, 3.05) is 5.73 Å². The molecule has 0 aliphatic carbocycles. The minimum atomic E-state index is 0.293. The summed E-state index contributed by atoms with van der Waals surface area (Å²) in [5.74, 6) is 0.293. The zero-order valence-corrected chi connectivity index (χ0v) is 9.30. The average Bonchev–Trinajstić information content (AvgIpc) is 2.59. The molecule has 4 heteroatoms. The first-order valence-electron chi connectivity index (χ1n) is 4.58. The Morgan fingerprint density at radius 2 is 2.07 bits per heavy atom. The molecule has 0 amide bonds. The molecular formula is C11H11ClN2O. The summed E-state index contributed by atoms with van der Waals surface area (Å²) in [4.78, 5) is 0. The van der Waals surface area contributed by atoms with Crippen molar-refractivity contribution in [1.82, 2.24) is 5.16 Å². The molecule has 0 radical (unpaired) electrons. The van der Waals surface area contributed by atoms with Crippen molar-refractivity contribution in [2.45, 2.75) is 13.8 Å². The SMILES string of the molecule is Cc1ccc(Cl)c(-c2cc(N)on2)c1C. The largest absolute Gasteiger partial charge is 0.368 e. The highest BCUT2D eigenvalue weighted by molar-refractivity contribution is 6.33. The van der Waals surface area contributed by atoms with Crippen LogP contribution in [0.5, 0.6) is 0 Å². The van der Waals surface area contributed by atoms with Gasteiger partial charge in [0.2, 0.25) is 5.88 Å². The number of aryl methyl sites for hydroxylation is 1. The van der Waals surface area contributed by atoms with Crippen molar-refractivity contribution >= 4 is 17.5 Å². The van der Waals surface area contributed by atoms with Gasteiger partial charge in [-0.3, -0.25) is 0 Å². The maximum atomic E-state index is 6.12. The molecule has 0 saturated carbocycles. The Kier molecular flexibility index (Phi) is 2.40. The number of halogens is 1. The van der Waals surface area contributed by atoms with Crippen molar-refractivity contribution in [1.29, 1.82) is 0 Å². The van der Waals surface area contributed by atoms with Crippen molar-refractivity contribution < 1.29 is 4.52 Å². The van der Waals surface area contributed by atoms with Crippen LogP contribution < -0.4 is 5.73 Å². The van der Waals surface area contributed by atoms with Gasteiger partial charge in [-0.15, -0.1) is 0 Å². The highest BCUT2D eigenvalue weighted by Crippen LogP contribution is 2.32. The molecule has 0 fully saturated rings. The minimum Gasteiger partial charge on any atom is -0.368 e. The topological polar surface area (TPSA) is 52.0 Å². The molecule has 3 nitrogen and oxygen atoms in total. The molecule has 1 aromatic carbocycles. The fraction of sp³-hybridized carbons (Fsp3) is 0.182. The Morgan fingerprint density at radius 1 is 1.33 bits per heavy atom. The summed E-state index contributed by atoms with van der Waals surface area (Å²) in [6, 6.07) is 5.50. The predicted octanol–water partition coefficient (Wildman–Crippen LogP) is 3.19.